The third-order valence-electron chi connectivity index (χ3n) is 6.65. The molecule has 0 unspecified atom stereocenters. The van der Waals surface area contributed by atoms with Gasteiger partial charge in [-0.05, 0) is 68.5 Å². The summed E-state index contributed by atoms with van der Waals surface area (Å²) in [5.74, 6) is -1.49. The number of pyridine rings is 1. The van der Waals surface area contributed by atoms with Gasteiger partial charge in [0, 0.05) is 50.9 Å². The number of allylic oxidation sites excluding steroid dienone is 1. The number of likely N-dealkylation sites (tertiary alicyclic amines) is 2. The molecule has 2 aromatic heterocycles. The number of carbonyl (C=O) groups excluding carboxylic acids is 1. The van der Waals surface area contributed by atoms with Crippen molar-refractivity contribution in [2.75, 3.05) is 26.7 Å². The summed E-state index contributed by atoms with van der Waals surface area (Å²) in [5.41, 5.74) is 0.0635. The van der Waals surface area contributed by atoms with E-state index in [-0.39, 0.29) is 106 Å². The third-order valence-corrected chi connectivity index (χ3v) is 7.95. The second kappa shape index (κ2) is 15.7. The number of piperidine rings is 1. The van der Waals surface area contributed by atoms with Crippen LogP contribution in [-0.2, 0) is 4.74 Å². The summed E-state index contributed by atoms with van der Waals surface area (Å²) in [5, 5.41) is 20.2. The molecule has 42 heavy (non-hydrogen) atoms. The van der Waals surface area contributed by atoms with Crippen LogP contribution >= 0.6 is 27.5 Å². The number of aromatic nitrogens is 3. The number of hydrogen-bond donors (Lipinski definition) is 1. The summed E-state index contributed by atoms with van der Waals surface area (Å²) < 4.78 is 21.6. The van der Waals surface area contributed by atoms with Crippen molar-refractivity contribution in [3.05, 3.63) is 44.1 Å². The molecule has 0 spiro atoms. The molecule has 0 bridgehead atoms. The Morgan fingerprint density at radius 3 is 2.40 bits per heavy atom. The van der Waals surface area contributed by atoms with Gasteiger partial charge in [-0.2, -0.15) is 11.0 Å². The molecule has 2 fully saturated rings. The Bertz CT molecular complexity index is 1560. The van der Waals surface area contributed by atoms with Gasteiger partial charge < -0.3 is 31.2 Å². The van der Waals surface area contributed by atoms with E-state index in [2.05, 4.69) is 30.8 Å². The number of ether oxygens (including phenoxy) is 1. The minimum atomic E-state index is -0.763. The molecule has 1 N–H and O–H groups in total. The number of nitrogens with zero attached hydrogens (tertiary/aromatic N) is 5. The number of nitrogens with one attached hydrogen (secondary N) is 1. The van der Waals surface area contributed by atoms with Crippen molar-refractivity contribution >= 4 is 55.6 Å². The molecule has 14 heteroatoms. The Morgan fingerprint density at radius 1 is 1.33 bits per heavy atom. The van der Waals surface area contributed by atoms with Gasteiger partial charge in [0.05, 0.1) is 26.6 Å². The molecule has 1 amide bonds. The summed E-state index contributed by atoms with van der Waals surface area (Å²) >= 11 is 9.19. The first-order valence-electron chi connectivity index (χ1n) is 13.1. The van der Waals surface area contributed by atoms with Crippen molar-refractivity contribution in [1.29, 1.82) is 5.26 Å². The van der Waals surface area contributed by atoms with Crippen LogP contribution in [0.1, 0.15) is 59.4 Å². The zero-order chi connectivity index (χ0) is 30.6. The van der Waals surface area contributed by atoms with E-state index < -0.39 is 29.1 Å². The van der Waals surface area contributed by atoms with Gasteiger partial charge >= 0.3 is 80.7 Å². The molecule has 5 rings (SSSR count). The normalized spacial score (nSPS) is 15.4. The number of carbonyl (C=O) groups is 1. The molecule has 0 saturated carbocycles. The number of nitriles is 1. The van der Waals surface area contributed by atoms with Crippen LogP contribution in [0.25, 0.3) is 21.9 Å². The quantitative estimate of drug-likeness (QED) is 0.297. The van der Waals surface area contributed by atoms with E-state index in [0.29, 0.717) is 25.9 Å². The second-order valence-corrected chi connectivity index (χ2v) is 12.0. The van der Waals surface area contributed by atoms with Crippen LogP contribution in [-0.4, -0.2) is 62.7 Å². The molecule has 0 aliphatic carbocycles. The standard InChI is InChI=1S/C20H21BrClFN4O4.C6H10N.C2H3N.Cs/c1-20(2,3)31-19(30)26-6-4-9(5-7-26)27-16-10-8-11(22)12(21)13(23)14(10)24-17(28)15(16)25-18(27)29;1-6-4-3-5-7(6)2;1-2-3;/h8-9H,4-7H2,1-3H3,(H,24,28)(H,25,29);1H,3-5H2,2H3;1H3;/q;-1;;+1/p-1. The van der Waals surface area contributed by atoms with Gasteiger partial charge in [0.2, 0.25) is 0 Å². The van der Waals surface area contributed by atoms with E-state index in [0.717, 1.165) is 18.7 Å². The van der Waals surface area contributed by atoms with E-state index in [1.807, 2.05) is 7.05 Å². The van der Waals surface area contributed by atoms with Gasteiger partial charge in [-0.15, -0.1) is 0 Å². The van der Waals surface area contributed by atoms with E-state index in [4.69, 9.17) is 28.2 Å². The van der Waals surface area contributed by atoms with Crippen LogP contribution in [0.4, 0.5) is 9.18 Å². The Kier molecular flexibility index (Phi) is 13.8. The Labute approximate surface area is 316 Å². The van der Waals surface area contributed by atoms with Crippen molar-refractivity contribution in [2.45, 2.75) is 65.0 Å². The molecular formula is C28H33BrClCsFN6O4-. The maximum absolute atomic E-state index is 14.7. The van der Waals surface area contributed by atoms with Crippen molar-refractivity contribution in [3.8, 4) is 11.9 Å². The summed E-state index contributed by atoms with van der Waals surface area (Å²) in [6, 6.07) is 2.94. The van der Waals surface area contributed by atoms with Crippen molar-refractivity contribution in [1.82, 2.24) is 24.3 Å². The number of H-pyrrole nitrogens is 1. The van der Waals surface area contributed by atoms with Gasteiger partial charge in [-0.1, -0.05) is 11.6 Å². The average Bonchev–Trinajstić information content (AvgIpc) is 3.45. The number of amides is 1. The summed E-state index contributed by atoms with van der Waals surface area (Å²) in [7, 11) is 2.03. The van der Waals surface area contributed by atoms with Gasteiger partial charge in [0.1, 0.15) is 11.1 Å². The molecule has 1 aromatic carbocycles. The van der Waals surface area contributed by atoms with Crippen LogP contribution in [0.5, 0.6) is 5.88 Å². The first kappa shape index (κ1) is 36.9. The van der Waals surface area contributed by atoms with Gasteiger partial charge in [0.15, 0.2) is 5.82 Å². The summed E-state index contributed by atoms with van der Waals surface area (Å²) in [6.07, 6.45) is 2.86. The first-order valence-corrected chi connectivity index (χ1v) is 14.3. The van der Waals surface area contributed by atoms with Crippen LogP contribution in [0, 0.1) is 23.7 Å². The second-order valence-electron chi connectivity index (χ2n) is 10.8. The van der Waals surface area contributed by atoms with E-state index in [9.17, 15) is 19.1 Å². The molecule has 2 saturated heterocycles. The monoisotopic (exact) mass is 783 g/mol. The number of hydrogen-bond acceptors (Lipinski definition) is 7. The molecule has 0 atom stereocenters. The molecule has 10 nitrogen and oxygen atoms in total. The van der Waals surface area contributed by atoms with Crippen molar-refractivity contribution in [3.63, 3.8) is 0 Å². The smallest absolute Gasteiger partial charge is 0.857 e. The summed E-state index contributed by atoms with van der Waals surface area (Å²) in [4.78, 5) is 35.1. The molecule has 4 heterocycles. The number of rotatable bonds is 1. The fraction of sp³-hybridized carbons (Fsp3) is 0.500. The largest absolute Gasteiger partial charge is 1.00 e. The van der Waals surface area contributed by atoms with E-state index >= 15 is 0 Å². The number of benzene rings is 1. The zero-order valence-electron chi connectivity index (χ0n) is 24.7. The maximum atomic E-state index is 14.7. The van der Waals surface area contributed by atoms with Crippen molar-refractivity contribution < 1.29 is 87.9 Å². The minimum Gasteiger partial charge on any atom is -0.857 e. The number of fused-ring (bicyclic) bond motifs is 3. The van der Waals surface area contributed by atoms with Crippen LogP contribution in [0.3, 0.4) is 0 Å². The molecule has 2 aliphatic rings. The molecule has 2 aliphatic heterocycles. The third kappa shape index (κ3) is 8.68. The van der Waals surface area contributed by atoms with Gasteiger partial charge in [-0.3, -0.25) is 9.55 Å². The topological polar surface area (TPSA) is 130 Å². The van der Waals surface area contributed by atoms with Gasteiger partial charge in [-0.25, -0.2) is 14.0 Å². The SMILES string of the molecule is CC#N.CC(C)(C)OC(=O)N1CCC(n2c(=O)[nH]c3c([O-])nc4c(F)c(Br)c(Cl)cc4c32)CC1.[CH-]=C1CCCN1C.[Cs+]. The van der Waals surface area contributed by atoms with E-state index in [1.165, 1.54) is 24.0 Å². The molecule has 3 aromatic rings. The molecule has 0 radical (unpaired) electrons. The van der Waals surface area contributed by atoms with Gasteiger partial charge in [0.25, 0.3) is 0 Å². The average molecular weight is 785 g/mol. The fourth-order valence-corrected chi connectivity index (χ4v) is 5.21. The number of halogens is 3. The number of imidazole rings is 1. The Balaban J connectivity index is 0.000000479. The van der Waals surface area contributed by atoms with Crippen molar-refractivity contribution in [2.24, 2.45) is 0 Å². The Morgan fingerprint density at radius 2 is 1.93 bits per heavy atom. The molecular weight excluding hydrogens is 752 g/mol. The zero-order valence-corrected chi connectivity index (χ0v) is 33.3. The summed E-state index contributed by atoms with van der Waals surface area (Å²) in [6.45, 7) is 14.3. The predicted octanol–water partition coefficient (Wildman–Crippen LogP) is 2.64. The predicted molar refractivity (Wildman–Crippen MR) is 157 cm³/mol. The molecule has 222 valence electrons. The van der Waals surface area contributed by atoms with Crippen LogP contribution < -0.4 is 79.7 Å². The van der Waals surface area contributed by atoms with Crippen LogP contribution in [0.15, 0.2) is 21.0 Å². The number of aromatic amines is 1. The fourth-order valence-electron chi connectivity index (χ4n) is 4.71. The first-order chi connectivity index (χ1) is 19.2. The van der Waals surface area contributed by atoms with Crippen LogP contribution in [0.2, 0.25) is 5.02 Å². The minimum absolute atomic E-state index is 0. The van der Waals surface area contributed by atoms with E-state index in [1.54, 1.807) is 31.7 Å². The maximum Gasteiger partial charge on any atom is 1.00 e. The Hall–Kier alpha value is -1.25.